The first-order valence-corrected chi connectivity index (χ1v) is 9.67. The van der Waals surface area contributed by atoms with Crippen LogP contribution in [0.5, 0.6) is 17.2 Å². The number of hydrogen-bond acceptors (Lipinski definition) is 5. The molecule has 29 heavy (non-hydrogen) atoms. The van der Waals surface area contributed by atoms with E-state index >= 15 is 0 Å². The minimum atomic E-state index is 0.168. The van der Waals surface area contributed by atoms with Gasteiger partial charge in [-0.15, -0.1) is 0 Å². The van der Waals surface area contributed by atoms with Crippen molar-refractivity contribution in [1.29, 1.82) is 0 Å². The number of ether oxygens (including phenoxy) is 3. The lowest BCUT2D eigenvalue weighted by atomic mass is 10.1. The summed E-state index contributed by atoms with van der Waals surface area (Å²) in [7, 11) is 1.63. The third-order valence-corrected chi connectivity index (χ3v) is 5.24. The Balaban J connectivity index is 1.58. The molecule has 0 aliphatic carbocycles. The minimum Gasteiger partial charge on any atom is -0.496 e. The van der Waals surface area contributed by atoms with Crippen molar-refractivity contribution in [2.45, 2.75) is 12.8 Å². The van der Waals surface area contributed by atoms with Gasteiger partial charge < -0.3 is 19.1 Å². The van der Waals surface area contributed by atoms with E-state index in [-0.39, 0.29) is 5.91 Å². The molecule has 2 aliphatic rings. The third-order valence-electron chi connectivity index (χ3n) is 5.24. The summed E-state index contributed by atoms with van der Waals surface area (Å²) < 4.78 is 19.0. The molecular formula is C22H21N3O4. The van der Waals surface area contributed by atoms with Gasteiger partial charge in [0.25, 0.3) is 0 Å². The molecule has 0 spiro atoms. The molecule has 7 nitrogen and oxygen atoms in total. The number of carbonyl (C=O) groups is 1. The average molecular weight is 391 g/mol. The van der Waals surface area contributed by atoms with Crippen LogP contribution in [-0.4, -0.2) is 42.3 Å². The van der Waals surface area contributed by atoms with Crippen molar-refractivity contribution < 1.29 is 19.0 Å². The van der Waals surface area contributed by atoms with Crippen LogP contribution in [0.2, 0.25) is 0 Å². The quantitative estimate of drug-likeness (QED) is 0.682. The number of aromatic nitrogens is 2. The van der Waals surface area contributed by atoms with Gasteiger partial charge >= 0.3 is 0 Å². The van der Waals surface area contributed by atoms with Crippen molar-refractivity contribution in [3.63, 3.8) is 0 Å². The predicted molar refractivity (Wildman–Crippen MR) is 108 cm³/mol. The second kappa shape index (κ2) is 7.16. The molecule has 7 heteroatoms. The van der Waals surface area contributed by atoms with Crippen LogP contribution < -0.4 is 19.1 Å². The molecule has 2 aliphatic heterocycles. The Bertz CT molecular complexity index is 1080. The van der Waals surface area contributed by atoms with Gasteiger partial charge in [0, 0.05) is 42.8 Å². The number of hydrogen-bond donors (Lipinski definition) is 0. The Hall–Kier alpha value is -3.48. The number of anilines is 1. The summed E-state index contributed by atoms with van der Waals surface area (Å²) in [5.74, 6) is 2.90. The van der Waals surface area contributed by atoms with Crippen molar-refractivity contribution in [3.8, 4) is 34.3 Å². The van der Waals surface area contributed by atoms with Crippen molar-refractivity contribution in [1.82, 2.24) is 9.55 Å². The Kier molecular flexibility index (Phi) is 4.35. The molecule has 0 N–H and O–H groups in total. The van der Waals surface area contributed by atoms with E-state index in [1.54, 1.807) is 13.3 Å². The van der Waals surface area contributed by atoms with Crippen molar-refractivity contribution >= 4 is 11.6 Å². The maximum Gasteiger partial charge on any atom is 0.227 e. The second-order valence-electron chi connectivity index (χ2n) is 6.99. The zero-order valence-electron chi connectivity index (χ0n) is 16.1. The van der Waals surface area contributed by atoms with Gasteiger partial charge in [-0.2, -0.15) is 0 Å². The maximum atomic E-state index is 12.1. The zero-order chi connectivity index (χ0) is 19.8. The molecule has 0 unspecified atom stereocenters. The standard InChI is InChI=1S/C22H21N3O4/c1-27-18-14-20-19(28-10-11-29-20)13-17(18)22-23-7-9-25(22)16-5-2-4-15(12-16)24-8-3-6-21(24)26/h2,4-5,7,9,12-14H,3,6,8,10-11H2,1H3. The fourth-order valence-electron chi connectivity index (χ4n) is 3.86. The first-order chi connectivity index (χ1) is 14.2. The van der Waals surface area contributed by atoms with Crippen LogP contribution >= 0.6 is 0 Å². The topological polar surface area (TPSA) is 65.8 Å². The van der Waals surface area contributed by atoms with Crippen LogP contribution in [0.15, 0.2) is 48.8 Å². The van der Waals surface area contributed by atoms with Gasteiger partial charge in [-0.1, -0.05) is 6.07 Å². The summed E-state index contributed by atoms with van der Waals surface area (Å²) in [5, 5.41) is 0. The van der Waals surface area contributed by atoms with Gasteiger partial charge in [0.2, 0.25) is 5.91 Å². The Morgan fingerprint density at radius 3 is 2.62 bits per heavy atom. The molecule has 1 aromatic heterocycles. The summed E-state index contributed by atoms with van der Waals surface area (Å²) in [6, 6.07) is 11.7. The van der Waals surface area contributed by atoms with Crippen molar-refractivity contribution in [2.75, 3.05) is 31.8 Å². The van der Waals surface area contributed by atoms with Crippen LogP contribution in [0.3, 0.4) is 0 Å². The van der Waals surface area contributed by atoms with Gasteiger partial charge in [-0.3, -0.25) is 9.36 Å². The molecule has 1 fully saturated rings. The summed E-state index contributed by atoms with van der Waals surface area (Å²) in [6.07, 6.45) is 5.15. The molecule has 3 aromatic rings. The highest BCUT2D eigenvalue weighted by Gasteiger charge is 2.23. The SMILES string of the molecule is COc1cc2c(cc1-c1nccn1-c1cccc(N3CCCC3=O)c1)OCCO2. The summed E-state index contributed by atoms with van der Waals surface area (Å²) in [4.78, 5) is 18.6. The Morgan fingerprint density at radius 1 is 1.07 bits per heavy atom. The maximum absolute atomic E-state index is 12.1. The fraction of sp³-hybridized carbons (Fsp3) is 0.273. The lowest BCUT2D eigenvalue weighted by molar-refractivity contribution is -0.117. The van der Waals surface area contributed by atoms with Crippen molar-refractivity contribution in [3.05, 3.63) is 48.8 Å². The number of carbonyl (C=O) groups excluding carboxylic acids is 1. The van der Waals surface area contributed by atoms with Crippen LogP contribution in [0, 0.1) is 0 Å². The predicted octanol–water partition coefficient (Wildman–Crippen LogP) is 3.45. The van der Waals surface area contributed by atoms with E-state index in [2.05, 4.69) is 4.98 Å². The number of benzene rings is 2. The molecular weight excluding hydrogens is 370 g/mol. The molecule has 5 rings (SSSR count). The minimum absolute atomic E-state index is 0.168. The Labute approximate surface area is 168 Å². The highest BCUT2D eigenvalue weighted by atomic mass is 16.6. The number of nitrogens with zero attached hydrogens (tertiary/aromatic N) is 3. The van der Waals surface area contributed by atoms with Gasteiger partial charge in [0.1, 0.15) is 24.8 Å². The third kappa shape index (κ3) is 3.08. The highest BCUT2D eigenvalue weighted by Crippen LogP contribution is 2.41. The molecule has 1 saturated heterocycles. The van der Waals surface area contributed by atoms with E-state index < -0.39 is 0 Å². The van der Waals surface area contributed by atoms with Gasteiger partial charge in [-0.05, 0) is 30.7 Å². The largest absolute Gasteiger partial charge is 0.496 e. The van der Waals surface area contributed by atoms with Crippen molar-refractivity contribution in [2.24, 2.45) is 0 Å². The number of methoxy groups -OCH3 is 1. The van der Waals surface area contributed by atoms with Crippen LogP contribution in [-0.2, 0) is 4.79 Å². The van der Waals surface area contributed by atoms with E-state index in [9.17, 15) is 4.79 Å². The lowest BCUT2D eigenvalue weighted by Crippen LogP contribution is -2.23. The lowest BCUT2D eigenvalue weighted by Gasteiger charge is -2.21. The van der Waals surface area contributed by atoms with E-state index in [4.69, 9.17) is 14.2 Å². The van der Waals surface area contributed by atoms with Gasteiger partial charge in [-0.25, -0.2) is 4.98 Å². The molecule has 0 radical (unpaired) electrons. The highest BCUT2D eigenvalue weighted by molar-refractivity contribution is 5.95. The number of rotatable bonds is 4. The molecule has 148 valence electrons. The molecule has 1 amide bonds. The van der Waals surface area contributed by atoms with Crippen LogP contribution in [0.4, 0.5) is 5.69 Å². The number of imidazole rings is 1. The van der Waals surface area contributed by atoms with Crippen LogP contribution in [0.1, 0.15) is 12.8 Å². The zero-order valence-corrected chi connectivity index (χ0v) is 16.1. The molecule has 0 bridgehead atoms. The normalized spacial score (nSPS) is 15.6. The van der Waals surface area contributed by atoms with Gasteiger partial charge in [0.15, 0.2) is 11.5 Å². The molecule has 0 atom stereocenters. The average Bonchev–Trinajstić information content (AvgIpc) is 3.42. The van der Waals surface area contributed by atoms with E-state index in [1.165, 1.54) is 0 Å². The fourth-order valence-corrected chi connectivity index (χ4v) is 3.86. The molecule has 0 saturated carbocycles. The number of fused-ring (bicyclic) bond motifs is 1. The second-order valence-corrected chi connectivity index (χ2v) is 6.99. The molecule has 2 aromatic carbocycles. The van der Waals surface area contributed by atoms with Gasteiger partial charge in [0.05, 0.1) is 12.7 Å². The first kappa shape index (κ1) is 17.6. The number of amides is 1. The van der Waals surface area contributed by atoms with Crippen LogP contribution in [0.25, 0.3) is 17.1 Å². The summed E-state index contributed by atoms with van der Waals surface area (Å²) in [5.41, 5.74) is 2.63. The summed E-state index contributed by atoms with van der Waals surface area (Å²) in [6.45, 7) is 1.79. The van der Waals surface area contributed by atoms with E-state index in [0.717, 1.165) is 35.7 Å². The monoisotopic (exact) mass is 391 g/mol. The Morgan fingerprint density at radius 2 is 1.86 bits per heavy atom. The summed E-state index contributed by atoms with van der Waals surface area (Å²) >= 11 is 0. The van der Waals surface area contributed by atoms with E-state index in [0.29, 0.717) is 36.9 Å². The van der Waals surface area contributed by atoms with E-state index in [1.807, 2.05) is 52.1 Å². The molecule has 3 heterocycles. The first-order valence-electron chi connectivity index (χ1n) is 9.67. The smallest absolute Gasteiger partial charge is 0.227 e.